The third-order valence-corrected chi connectivity index (χ3v) is 2.91. The van der Waals surface area contributed by atoms with Gasteiger partial charge in [0.1, 0.15) is 0 Å². The van der Waals surface area contributed by atoms with E-state index in [0.29, 0.717) is 13.2 Å². The van der Waals surface area contributed by atoms with E-state index in [2.05, 4.69) is 0 Å². The molecule has 2 unspecified atom stereocenters. The minimum Gasteiger partial charge on any atom is -0.345 e. The normalized spacial score (nSPS) is 28.1. The summed E-state index contributed by atoms with van der Waals surface area (Å²) in [7, 11) is 0. The highest BCUT2D eigenvalue weighted by Gasteiger charge is 2.26. The second-order valence-electron chi connectivity index (χ2n) is 3.02. The summed E-state index contributed by atoms with van der Waals surface area (Å²) in [5.41, 5.74) is 5.44. The third-order valence-electron chi connectivity index (χ3n) is 2.01. The van der Waals surface area contributed by atoms with Crippen LogP contribution in [-0.2, 0) is 9.47 Å². The largest absolute Gasteiger partial charge is 0.345 e. The van der Waals surface area contributed by atoms with Crippen LogP contribution in [-0.4, -0.2) is 19.3 Å². The minimum absolute atomic E-state index is 0.156. The summed E-state index contributed by atoms with van der Waals surface area (Å²) in [6.07, 6.45) is 0.899. The van der Waals surface area contributed by atoms with E-state index in [1.807, 2.05) is 17.5 Å². The molecular formula is C9H13NO2S. The molecule has 4 heteroatoms. The van der Waals surface area contributed by atoms with Gasteiger partial charge >= 0.3 is 0 Å². The summed E-state index contributed by atoms with van der Waals surface area (Å²) in [4.78, 5) is 1.14. The fourth-order valence-electron chi connectivity index (χ4n) is 1.36. The first-order valence-corrected chi connectivity index (χ1v) is 5.28. The lowest BCUT2D eigenvalue weighted by molar-refractivity contribution is -0.0581. The summed E-state index contributed by atoms with van der Waals surface area (Å²) < 4.78 is 11.1. The minimum atomic E-state index is -0.156. The summed E-state index contributed by atoms with van der Waals surface area (Å²) in [5, 5.41) is 2.03. The number of nitrogens with two attached hydrogens (primary N) is 1. The Bertz CT molecular complexity index is 250. The monoisotopic (exact) mass is 199 g/mol. The van der Waals surface area contributed by atoms with Crippen molar-refractivity contribution < 1.29 is 9.47 Å². The highest BCUT2D eigenvalue weighted by Crippen LogP contribution is 2.30. The van der Waals surface area contributed by atoms with E-state index < -0.39 is 0 Å². The van der Waals surface area contributed by atoms with Crippen LogP contribution in [0, 0.1) is 0 Å². The van der Waals surface area contributed by atoms with Crippen LogP contribution in [0.4, 0.5) is 0 Å². The zero-order chi connectivity index (χ0) is 9.10. The second kappa shape index (κ2) is 4.19. The van der Waals surface area contributed by atoms with Crippen molar-refractivity contribution >= 4 is 11.3 Å². The maximum atomic E-state index is 5.65. The average Bonchev–Trinajstić information content (AvgIpc) is 2.70. The average molecular weight is 199 g/mol. The van der Waals surface area contributed by atoms with E-state index in [-0.39, 0.29) is 12.4 Å². The highest BCUT2D eigenvalue weighted by atomic mass is 32.1. The van der Waals surface area contributed by atoms with Crippen molar-refractivity contribution in [2.24, 2.45) is 5.73 Å². The van der Waals surface area contributed by atoms with E-state index in [9.17, 15) is 0 Å². The summed E-state index contributed by atoms with van der Waals surface area (Å²) in [6, 6.07) is 4.03. The fraction of sp³-hybridized carbons (Fsp3) is 0.556. The molecule has 3 nitrogen and oxygen atoms in total. The molecule has 0 aromatic carbocycles. The molecule has 0 saturated carbocycles. The fourth-order valence-corrected chi connectivity index (χ4v) is 2.07. The lowest BCUT2D eigenvalue weighted by Crippen LogP contribution is -2.15. The van der Waals surface area contributed by atoms with Crippen molar-refractivity contribution in [3.05, 3.63) is 22.4 Å². The van der Waals surface area contributed by atoms with Gasteiger partial charge in [-0.2, -0.15) is 0 Å². The molecule has 0 amide bonds. The Kier molecular flexibility index (Phi) is 2.95. The van der Waals surface area contributed by atoms with E-state index in [4.69, 9.17) is 15.2 Å². The van der Waals surface area contributed by atoms with Crippen LogP contribution in [0.5, 0.6) is 0 Å². The molecule has 2 atom stereocenters. The van der Waals surface area contributed by atoms with Crippen molar-refractivity contribution in [2.45, 2.75) is 18.8 Å². The van der Waals surface area contributed by atoms with Gasteiger partial charge in [-0.3, -0.25) is 0 Å². The first-order valence-electron chi connectivity index (χ1n) is 4.40. The van der Waals surface area contributed by atoms with Gasteiger partial charge in [0.05, 0.1) is 17.6 Å². The molecule has 0 radical (unpaired) electrons. The Morgan fingerprint density at radius 1 is 1.62 bits per heavy atom. The molecule has 1 aliphatic heterocycles. The number of hydrogen-bond acceptors (Lipinski definition) is 4. The van der Waals surface area contributed by atoms with Gasteiger partial charge in [-0.1, -0.05) is 6.07 Å². The maximum absolute atomic E-state index is 5.65. The van der Waals surface area contributed by atoms with Gasteiger partial charge < -0.3 is 15.2 Å². The smallest absolute Gasteiger partial charge is 0.193 e. The topological polar surface area (TPSA) is 44.5 Å². The predicted octanol–water partition coefficient (Wildman–Crippen LogP) is 1.51. The Hall–Kier alpha value is -0.420. The van der Waals surface area contributed by atoms with Crippen molar-refractivity contribution in [3.63, 3.8) is 0 Å². The first kappa shape index (κ1) is 9.15. The molecule has 1 fully saturated rings. The molecule has 1 aromatic rings. The number of hydrogen-bond donors (Lipinski definition) is 1. The molecular weight excluding hydrogens is 186 g/mol. The van der Waals surface area contributed by atoms with Crippen LogP contribution in [0.1, 0.15) is 17.6 Å². The standard InChI is InChI=1S/C9H13NO2S/c10-4-3-7-6-11-9(12-7)8-2-1-5-13-8/h1-2,5,7,9H,3-4,6,10H2. The molecule has 2 rings (SSSR count). The van der Waals surface area contributed by atoms with Crippen molar-refractivity contribution in [2.75, 3.05) is 13.2 Å². The molecule has 0 spiro atoms. The van der Waals surface area contributed by atoms with Crippen LogP contribution in [0.25, 0.3) is 0 Å². The Morgan fingerprint density at radius 2 is 2.54 bits per heavy atom. The lowest BCUT2D eigenvalue weighted by atomic mass is 10.3. The SMILES string of the molecule is NCCC1COC(c2cccs2)O1. The molecule has 1 saturated heterocycles. The van der Waals surface area contributed by atoms with Crippen molar-refractivity contribution in [1.82, 2.24) is 0 Å². The molecule has 0 aliphatic carbocycles. The summed E-state index contributed by atoms with van der Waals surface area (Å²) in [5.74, 6) is 0. The van der Waals surface area contributed by atoms with Crippen LogP contribution >= 0.6 is 11.3 Å². The van der Waals surface area contributed by atoms with E-state index in [1.54, 1.807) is 11.3 Å². The quantitative estimate of drug-likeness (QED) is 0.802. The van der Waals surface area contributed by atoms with Gasteiger partial charge in [-0.05, 0) is 24.4 Å². The molecule has 1 aliphatic rings. The summed E-state index contributed by atoms with van der Waals surface area (Å²) >= 11 is 1.66. The molecule has 2 N–H and O–H groups in total. The number of ether oxygens (including phenoxy) is 2. The molecule has 13 heavy (non-hydrogen) atoms. The third kappa shape index (κ3) is 2.08. The van der Waals surface area contributed by atoms with E-state index in [0.717, 1.165) is 11.3 Å². The van der Waals surface area contributed by atoms with Gasteiger partial charge in [0.2, 0.25) is 0 Å². The predicted molar refractivity (Wildman–Crippen MR) is 51.6 cm³/mol. The van der Waals surface area contributed by atoms with Crippen LogP contribution < -0.4 is 5.73 Å². The van der Waals surface area contributed by atoms with Gasteiger partial charge in [0, 0.05) is 0 Å². The Labute approximate surface area is 81.5 Å². The first-order chi connectivity index (χ1) is 6.40. The zero-order valence-electron chi connectivity index (χ0n) is 7.31. The maximum Gasteiger partial charge on any atom is 0.193 e. The molecule has 2 heterocycles. The lowest BCUT2D eigenvalue weighted by Gasteiger charge is -2.08. The van der Waals surface area contributed by atoms with Crippen molar-refractivity contribution in [3.8, 4) is 0 Å². The van der Waals surface area contributed by atoms with Crippen molar-refractivity contribution in [1.29, 1.82) is 0 Å². The van der Waals surface area contributed by atoms with Gasteiger partial charge in [-0.15, -0.1) is 11.3 Å². The Morgan fingerprint density at radius 3 is 3.23 bits per heavy atom. The van der Waals surface area contributed by atoms with E-state index >= 15 is 0 Å². The summed E-state index contributed by atoms with van der Waals surface area (Å²) in [6.45, 7) is 1.32. The van der Waals surface area contributed by atoms with Crippen LogP contribution in [0.15, 0.2) is 17.5 Å². The van der Waals surface area contributed by atoms with E-state index in [1.165, 1.54) is 0 Å². The van der Waals surface area contributed by atoms with Crippen LogP contribution in [0.2, 0.25) is 0 Å². The molecule has 72 valence electrons. The van der Waals surface area contributed by atoms with Crippen LogP contribution in [0.3, 0.4) is 0 Å². The molecule has 0 bridgehead atoms. The number of rotatable bonds is 3. The Balaban J connectivity index is 1.91. The van der Waals surface area contributed by atoms with Gasteiger partial charge in [-0.25, -0.2) is 0 Å². The van der Waals surface area contributed by atoms with Gasteiger partial charge in [0.25, 0.3) is 0 Å². The van der Waals surface area contributed by atoms with Gasteiger partial charge in [0.15, 0.2) is 6.29 Å². The highest BCUT2D eigenvalue weighted by molar-refractivity contribution is 7.10. The number of thiophene rings is 1. The molecule has 1 aromatic heterocycles. The second-order valence-corrected chi connectivity index (χ2v) is 4.00. The zero-order valence-corrected chi connectivity index (χ0v) is 8.13.